The molecule has 42 heavy (non-hydrogen) atoms. The topological polar surface area (TPSA) is 148 Å². The van der Waals surface area contributed by atoms with Gasteiger partial charge in [0, 0.05) is 56.9 Å². The fourth-order valence-electron chi connectivity index (χ4n) is 4.64. The van der Waals surface area contributed by atoms with Crippen LogP contribution in [-0.2, 0) is 19.0 Å². The molecule has 1 atom stereocenters. The zero-order valence-corrected chi connectivity index (χ0v) is 22.5. The molecule has 2 saturated heterocycles. The SMILES string of the molecule is CCOC(=O)OCC1CN(c2cc(F)c(N3CCN(C(=O)CNC(=O)c4cn5ccncc5n4)CC3)c(F)c2)C(=O)O1. The summed E-state index contributed by atoms with van der Waals surface area (Å²) in [5.41, 5.74) is 0.291. The number of imidazole rings is 1. The average Bonchev–Trinajstić information content (AvgIpc) is 3.58. The molecule has 0 saturated carbocycles. The van der Waals surface area contributed by atoms with Crippen LogP contribution in [0.4, 0.5) is 29.7 Å². The van der Waals surface area contributed by atoms with E-state index in [1.165, 1.54) is 22.2 Å². The molecular formula is C26H27F2N7O7. The highest BCUT2D eigenvalue weighted by atomic mass is 19.1. The Hall–Kier alpha value is -5.02. The van der Waals surface area contributed by atoms with Crippen molar-refractivity contribution in [2.75, 3.05) is 62.3 Å². The third-order valence-electron chi connectivity index (χ3n) is 6.68. The summed E-state index contributed by atoms with van der Waals surface area (Å²) in [5.74, 6) is -2.65. The molecule has 0 radical (unpaired) electrons. The largest absolute Gasteiger partial charge is 0.508 e. The Bertz CT molecular complexity index is 1450. The molecule has 1 unspecified atom stereocenters. The van der Waals surface area contributed by atoms with Gasteiger partial charge in [0.05, 0.1) is 31.6 Å². The summed E-state index contributed by atoms with van der Waals surface area (Å²) in [6.45, 7) is 1.75. The Morgan fingerprint density at radius 1 is 1.12 bits per heavy atom. The van der Waals surface area contributed by atoms with E-state index in [9.17, 15) is 19.2 Å². The van der Waals surface area contributed by atoms with E-state index >= 15 is 8.78 Å². The summed E-state index contributed by atoms with van der Waals surface area (Å²) < 4.78 is 46.5. The van der Waals surface area contributed by atoms with E-state index in [2.05, 4.69) is 20.0 Å². The number of hydrogen-bond donors (Lipinski definition) is 1. The lowest BCUT2D eigenvalue weighted by Crippen LogP contribution is -2.51. The number of rotatable bonds is 8. The quantitative estimate of drug-likeness (QED) is 0.385. The van der Waals surface area contributed by atoms with Crippen LogP contribution in [-0.4, -0.2) is 102 Å². The summed E-state index contributed by atoms with van der Waals surface area (Å²) in [6, 6.07) is 2.05. The van der Waals surface area contributed by atoms with Crippen LogP contribution in [0.1, 0.15) is 17.4 Å². The van der Waals surface area contributed by atoms with Gasteiger partial charge in [-0.1, -0.05) is 0 Å². The van der Waals surface area contributed by atoms with Crippen LogP contribution in [0.15, 0.2) is 36.9 Å². The first-order chi connectivity index (χ1) is 20.2. The number of piperazine rings is 1. The Morgan fingerprint density at radius 2 is 1.86 bits per heavy atom. The number of nitrogens with one attached hydrogen (secondary N) is 1. The predicted molar refractivity (Wildman–Crippen MR) is 141 cm³/mol. The molecule has 2 aromatic heterocycles. The lowest BCUT2D eigenvalue weighted by atomic mass is 10.2. The number of cyclic esters (lactones) is 1. The van der Waals surface area contributed by atoms with Crippen molar-refractivity contribution in [2.45, 2.75) is 13.0 Å². The van der Waals surface area contributed by atoms with Crippen molar-refractivity contribution in [3.63, 3.8) is 0 Å². The summed E-state index contributed by atoms with van der Waals surface area (Å²) in [4.78, 5) is 60.9. The van der Waals surface area contributed by atoms with Gasteiger partial charge >= 0.3 is 12.2 Å². The number of nitrogens with zero attached hydrogens (tertiary/aromatic N) is 6. The first kappa shape index (κ1) is 28.5. The van der Waals surface area contributed by atoms with Crippen LogP contribution in [0.3, 0.4) is 0 Å². The number of ether oxygens (including phenoxy) is 3. The molecule has 16 heteroatoms. The third kappa shape index (κ3) is 6.16. The molecule has 2 fully saturated rings. The molecule has 5 rings (SSSR count). The van der Waals surface area contributed by atoms with Gasteiger partial charge in [0.25, 0.3) is 5.91 Å². The average molecular weight is 588 g/mol. The highest BCUT2D eigenvalue weighted by Crippen LogP contribution is 2.31. The Labute approximate surface area is 237 Å². The number of amides is 3. The lowest BCUT2D eigenvalue weighted by molar-refractivity contribution is -0.130. The van der Waals surface area contributed by atoms with Crippen molar-refractivity contribution >= 4 is 41.1 Å². The minimum atomic E-state index is -0.916. The van der Waals surface area contributed by atoms with Gasteiger partial charge in [-0.2, -0.15) is 0 Å². The molecule has 0 spiro atoms. The Morgan fingerprint density at radius 3 is 2.55 bits per heavy atom. The van der Waals surface area contributed by atoms with E-state index in [1.54, 1.807) is 23.7 Å². The lowest BCUT2D eigenvalue weighted by Gasteiger charge is -2.36. The van der Waals surface area contributed by atoms with Crippen molar-refractivity contribution in [2.24, 2.45) is 0 Å². The van der Waals surface area contributed by atoms with E-state index in [1.807, 2.05) is 0 Å². The number of carbonyl (C=O) groups is 4. The van der Waals surface area contributed by atoms with E-state index < -0.39 is 35.9 Å². The van der Waals surface area contributed by atoms with Crippen molar-refractivity contribution in [1.82, 2.24) is 24.6 Å². The molecule has 2 aliphatic heterocycles. The molecule has 14 nitrogen and oxygen atoms in total. The van der Waals surface area contributed by atoms with Gasteiger partial charge in [-0.15, -0.1) is 0 Å². The summed E-state index contributed by atoms with van der Waals surface area (Å²) in [6.07, 6.45) is 3.64. The normalized spacial score (nSPS) is 16.9. The summed E-state index contributed by atoms with van der Waals surface area (Å²) in [7, 11) is 0. The number of hydrogen-bond acceptors (Lipinski definition) is 10. The molecule has 0 aliphatic carbocycles. The van der Waals surface area contributed by atoms with E-state index in [4.69, 9.17) is 9.47 Å². The van der Waals surface area contributed by atoms with Crippen LogP contribution >= 0.6 is 0 Å². The van der Waals surface area contributed by atoms with Crippen LogP contribution < -0.4 is 15.1 Å². The number of carbonyl (C=O) groups excluding carboxylic acids is 4. The number of aromatic nitrogens is 3. The van der Waals surface area contributed by atoms with E-state index in [-0.39, 0.29) is 75.5 Å². The van der Waals surface area contributed by atoms with E-state index in [0.29, 0.717) is 5.65 Å². The zero-order valence-electron chi connectivity index (χ0n) is 22.5. The second-order valence-electron chi connectivity index (χ2n) is 9.39. The molecular weight excluding hydrogens is 560 g/mol. The maximum absolute atomic E-state index is 15.1. The molecule has 2 aliphatic rings. The van der Waals surface area contributed by atoms with Crippen LogP contribution in [0.25, 0.3) is 5.65 Å². The zero-order chi connectivity index (χ0) is 29.8. The Kier molecular flexibility index (Phi) is 8.31. The van der Waals surface area contributed by atoms with E-state index in [0.717, 1.165) is 17.0 Å². The Balaban J connectivity index is 1.13. The molecule has 0 bridgehead atoms. The first-order valence-corrected chi connectivity index (χ1v) is 13.1. The first-order valence-electron chi connectivity index (χ1n) is 13.1. The van der Waals surface area contributed by atoms with Crippen molar-refractivity contribution in [3.05, 3.63) is 54.2 Å². The number of anilines is 2. The summed E-state index contributed by atoms with van der Waals surface area (Å²) in [5, 5.41) is 2.54. The second-order valence-corrected chi connectivity index (χ2v) is 9.39. The number of benzene rings is 1. The molecule has 1 N–H and O–H groups in total. The van der Waals surface area contributed by atoms with Gasteiger partial charge in [0.1, 0.15) is 18.0 Å². The molecule has 3 aromatic rings. The third-order valence-corrected chi connectivity index (χ3v) is 6.68. The smallest absolute Gasteiger partial charge is 0.440 e. The highest BCUT2D eigenvalue weighted by molar-refractivity contribution is 5.95. The van der Waals surface area contributed by atoms with Crippen molar-refractivity contribution < 1.29 is 42.2 Å². The fourth-order valence-corrected chi connectivity index (χ4v) is 4.64. The highest BCUT2D eigenvalue weighted by Gasteiger charge is 2.35. The molecule has 222 valence electrons. The second kappa shape index (κ2) is 12.2. The minimum absolute atomic E-state index is 0.0520. The van der Waals surface area contributed by atoms with Crippen LogP contribution in [0.5, 0.6) is 0 Å². The van der Waals surface area contributed by atoms with Gasteiger partial charge in [0.15, 0.2) is 23.4 Å². The van der Waals surface area contributed by atoms with Gasteiger partial charge in [-0.05, 0) is 6.92 Å². The molecule has 3 amide bonds. The van der Waals surface area contributed by atoms with Crippen molar-refractivity contribution in [3.8, 4) is 0 Å². The van der Waals surface area contributed by atoms with Crippen LogP contribution in [0, 0.1) is 11.6 Å². The van der Waals surface area contributed by atoms with Crippen LogP contribution in [0.2, 0.25) is 0 Å². The van der Waals surface area contributed by atoms with Gasteiger partial charge in [-0.25, -0.2) is 23.4 Å². The summed E-state index contributed by atoms with van der Waals surface area (Å²) >= 11 is 0. The number of halogens is 2. The standard InChI is InChI=1S/C26H27F2N7O7/c1-2-40-26(39)41-15-17-13-35(25(38)42-17)16-9-18(27)23(19(28)10-16)33-7-5-32(6-8-33)22(36)12-30-24(37)20-14-34-4-3-29-11-21(34)31-20/h3-4,9-11,14,17H,2,5-8,12-13,15H2,1H3,(H,30,37). The maximum Gasteiger partial charge on any atom is 0.508 e. The monoisotopic (exact) mass is 587 g/mol. The minimum Gasteiger partial charge on any atom is -0.440 e. The van der Waals surface area contributed by atoms with Gasteiger partial charge < -0.3 is 33.7 Å². The van der Waals surface area contributed by atoms with Crippen molar-refractivity contribution in [1.29, 1.82) is 0 Å². The van der Waals surface area contributed by atoms with Gasteiger partial charge in [-0.3, -0.25) is 19.5 Å². The predicted octanol–water partition coefficient (Wildman–Crippen LogP) is 1.58. The maximum atomic E-state index is 15.1. The number of fused-ring (bicyclic) bond motifs is 1. The fraction of sp³-hybridized carbons (Fsp3) is 0.385. The molecule has 1 aromatic carbocycles. The van der Waals surface area contributed by atoms with Gasteiger partial charge in [0.2, 0.25) is 5.91 Å². The molecule has 4 heterocycles.